The van der Waals surface area contributed by atoms with Gasteiger partial charge in [-0.25, -0.2) is 17.5 Å². The van der Waals surface area contributed by atoms with Crippen molar-refractivity contribution in [2.45, 2.75) is 49.5 Å². The van der Waals surface area contributed by atoms with Crippen molar-refractivity contribution in [3.8, 4) is 0 Å². The number of carbonyl (C=O) groups is 2. The molecule has 2 fully saturated rings. The molecule has 3 rings (SSSR count). The van der Waals surface area contributed by atoms with E-state index < -0.39 is 33.6 Å². The Labute approximate surface area is 157 Å². The number of nitrogens with zero attached hydrogens (tertiary/aromatic N) is 1. The molecule has 148 valence electrons. The highest BCUT2D eigenvalue weighted by Crippen LogP contribution is 2.26. The van der Waals surface area contributed by atoms with Crippen LogP contribution in [-0.4, -0.2) is 49.4 Å². The molecule has 0 spiro atoms. The fourth-order valence-corrected chi connectivity index (χ4v) is 4.99. The first kappa shape index (κ1) is 19.8. The van der Waals surface area contributed by atoms with E-state index in [2.05, 4.69) is 4.72 Å². The predicted molar refractivity (Wildman–Crippen MR) is 95.2 cm³/mol. The Morgan fingerprint density at radius 2 is 1.74 bits per heavy atom. The third-order valence-electron chi connectivity index (χ3n) is 5.27. The molecule has 1 aliphatic carbocycles. The first-order valence-electron chi connectivity index (χ1n) is 9.12. The van der Waals surface area contributed by atoms with Gasteiger partial charge in [0.15, 0.2) is 0 Å². The van der Waals surface area contributed by atoms with Crippen LogP contribution in [0.25, 0.3) is 0 Å². The van der Waals surface area contributed by atoms with E-state index in [0.29, 0.717) is 38.8 Å². The summed E-state index contributed by atoms with van der Waals surface area (Å²) in [5.74, 6) is -2.59. The lowest BCUT2D eigenvalue weighted by Gasteiger charge is -2.26. The Kier molecular flexibility index (Phi) is 5.81. The minimum absolute atomic E-state index is 0.127. The predicted octanol–water partition coefficient (Wildman–Crippen LogP) is 1.98. The second-order valence-corrected chi connectivity index (χ2v) is 8.86. The maximum atomic E-state index is 14.4. The Hall–Kier alpha value is -2.00. The molecule has 7 nitrogen and oxygen atoms in total. The summed E-state index contributed by atoms with van der Waals surface area (Å²) in [5, 5.41) is 9.00. The van der Waals surface area contributed by atoms with E-state index in [-0.39, 0.29) is 16.5 Å². The second-order valence-electron chi connectivity index (χ2n) is 7.15. The van der Waals surface area contributed by atoms with Crippen LogP contribution in [0.4, 0.5) is 4.39 Å². The van der Waals surface area contributed by atoms with Crippen LogP contribution in [0, 0.1) is 11.7 Å². The first-order chi connectivity index (χ1) is 12.8. The highest BCUT2D eigenvalue weighted by molar-refractivity contribution is 7.89. The molecule has 9 heteroatoms. The average molecular weight is 398 g/mol. The number of rotatable bonds is 5. The molecular formula is C18H23FN2O5S. The fourth-order valence-electron chi connectivity index (χ4n) is 3.67. The van der Waals surface area contributed by atoms with Crippen molar-refractivity contribution in [3.05, 3.63) is 29.6 Å². The average Bonchev–Trinajstić information content (AvgIpc) is 3.16. The Balaban J connectivity index is 1.69. The van der Waals surface area contributed by atoms with E-state index in [4.69, 9.17) is 5.11 Å². The highest BCUT2D eigenvalue weighted by Gasteiger charge is 2.30. The summed E-state index contributed by atoms with van der Waals surface area (Å²) in [5.41, 5.74) is -0.127. The molecule has 0 aromatic heterocycles. The van der Waals surface area contributed by atoms with Gasteiger partial charge in [0.25, 0.3) is 5.91 Å². The van der Waals surface area contributed by atoms with Gasteiger partial charge in [0.1, 0.15) is 5.82 Å². The van der Waals surface area contributed by atoms with Crippen molar-refractivity contribution in [1.82, 2.24) is 9.62 Å². The number of benzene rings is 1. The van der Waals surface area contributed by atoms with Crippen molar-refractivity contribution >= 4 is 21.9 Å². The summed E-state index contributed by atoms with van der Waals surface area (Å²) in [7, 11) is -3.94. The van der Waals surface area contributed by atoms with Gasteiger partial charge in [0.2, 0.25) is 10.0 Å². The van der Waals surface area contributed by atoms with Gasteiger partial charge < -0.3 is 10.0 Å². The van der Waals surface area contributed by atoms with E-state index in [1.807, 2.05) is 0 Å². The van der Waals surface area contributed by atoms with Crippen molar-refractivity contribution in [1.29, 1.82) is 0 Å². The summed E-state index contributed by atoms with van der Waals surface area (Å²) < 4.78 is 41.9. The molecule has 27 heavy (non-hydrogen) atoms. The number of carboxylic acids is 1. The maximum Gasteiger partial charge on any atom is 0.306 e. The van der Waals surface area contributed by atoms with Gasteiger partial charge in [-0.1, -0.05) is 0 Å². The monoisotopic (exact) mass is 398 g/mol. The van der Waals surface area contributed by atoms with Crippen molar-refractivity contribution in [2.75, 3.05) is 13.1 Å². The van der Waals surface area contributed by atoms with Gasteiger partial charge in [-0.2, -0.15) is 0 Å². The lowest BCUT2D eigenvalue weighted by Crippen LogP contribution is -2.38. The van der Waals surface area contributed by atoms with Gasteiger partial charge in [-0.05, 0) is 56.7 Å². The zero-order valence-corrected chi connectivity index (χ0v) is 15.7. The lowest BCUT2D eigenvalue weighted by molar-refractivity contribution is -0.142. The van der Waals surface area contributed by atoms with E-state index >= 15 is 0 Å². The molecule has 2 aliphatic rings. The van der Waals surface area contributed by atoms with Crippen molar-refractivity contribution in [2.24, 2.45) is 5.92 Å². The molecule has 1 saturated heterocycles. The molecule has 1 aromatic carbocycles. The van der Waals surface area contributed by atoms with Crippen LogP contribution in [0.3, 0.4) is 0 Å². The first-order valence-corrected chi connectivity index (χ1v) is 10.6. The minimum Gasteiger partial charge on any atom is -0.481 e. The molecule has 1 aromatic rings. The largest absolute Gasteiger partial charge is 0.481 e. The fraction of sp³-hybridized carbons (Fsp3) is 0.556. The molecule has 1 aliphatic heterocycles. The van der Waals surface area contributed by atoms with Crippen LogP contribution < -0.4 is 4.72 Å². The van der Waals surface area contributed by atoms with Crippen molar-refractivity contribution < 1.29 is 27.5 Å². The van der Waals surface area contributed by atoms with E-state index in [1.54, 1.807) is 4.90 Å². The number of halogens is 1. The number of aliphatic carboxylic acids is 1. The molecule has 1 heterocycles. The van der Waals surface area contributed by atoms with E-state index in [9.17, 15) is 22.4 Å². The normalized spacial score (nSPS) is 23.4. The molecule has 1 saturated carbocycles. The van der Waals surface area contributed by atoms with E-state index in [0.717, 1.165) is 18.9 Å². The van der Waals surface area contributed by atoms with Gasteiger partial charge in [-0.15, -0.1) is 0 Å². The number of hydrogen-bond acceptors (Lipinski definition) is 4. The van der Waals surface area contributed by atoms with Crippen molar-refractivity contribution in [3.63, 3.8) is 0 Å². The van der Waals surface area contributed by atoms with Crippen LogP contribution >= 0.6 is 0 Å². The molecule has 0 bridgehead atoms. The Morgan fingerprint density at radius 3 is 2.30 bits per heavy atom. The van der Waals surface area contributed by atoms with Crippen LogP contribution in [0.5, 0.6) is 0 Å². The molecule has 0 radical (unpaired) electrons. The Bertz CT molecular complexity index is 828. The zero-order chi connectivity index (χ0) is 19.6. The number of likely N-dealkylation sites (tertiary alicyclic amines) is 1. The summed E-state index contributed by atoms with van der Waals surface area (Å²) in [4.78, 5) is 24.6. The number of nitrogens with one attached hydrogen (secondary N) is 1. The van der Waals surface area contributed by atoms with Crippen LogP contribution in [-0.2, 0) is 14.8 Å². The molecule has 0 unspecified atom stereocenters. The summed E-state index contributed by atoms with van der Waals surface area (Å²) >= 11 is 0. The number of carbonyl (C=O) groups excluding carboxylic acids is 1. The summed E-state index contributed by atoms with van der Waals surface area (Å²) in [6.45, 7) is 1.16. The summed E-state index contributed by atoms with van der Waals surface area (Å²) in [6, 6.07) is 2.94. The molecular weight excluding hydrogens is 375 g/mol. The standard InChI is InChI=1S/C18H23FN2O5S/c19-16-11-14(7-8-15(16)17(22)21-9-1-2-10-21)27(25,26)20-13-5-3-12(4-6-13)18(23)24/h7-8,11-13,20H,1-6,9-10H2,(H,23,24). The zero-order valence-electron chi connectivity index (χ0n) is 14.9. The molecule has 1 amide bonds. The Morgan fingerprint density at radius 1 is 1.11 bits per heavy atom. The third kappa shape index (κ3) is 4.47. The smallest absolute Gasteiger partial charge is 0.306 e. The third-order valence-corrected chi connectivity index (χ3v) is 6.79. The SMILES string of the molecule is O=C(O)C1CCC(NS(=O)(=O)c2ccc(C(=O)N3CCCC3)c(F)c2)CC1. The number of sulfonamides is 1. The molecule has 0 atom stereocenters. The minimum atomic E-state index is -3.94. The van der Waals surface area contributed by atoms with Gasteiger partial charge in [0.05, 0.1) is 16.4 Å². The number of amides is 1. The lowest BCUT2D eigenvalue weighted by atomic mass is 9.87. The highest BCUT2D eigenvalue weighted by atomic mass is 32.2. The second kappa shape index (κ2) is 7.93. The van der Waals surface area contributed by atoms with Gasteiger partial charge in [0, 0.05) is 19.1 Å². The van der Waals surface area contributed by atoms with Gasteiger partial charge in [-0.3, -0.25) is 9.59 Å². The topological polar surface area (TPSA) is 104 Å². The quantitative estimate of drug-likeness (QED) is 0.789. The molecule has 2 N–H and O–H groups in total. The summed E-state index contributed by atoms with van der Waals surface area (Å²) in [6.07, 6.45) is 3.41. The van der Waals surface area contributed by atoms with E-state index in [1.165, 1.54) is 12.1 Å². The van der Waals surface area contributed by atoms with Crippen LogP contribution in [0.1, 0.15) is 48.9 Å². The van der Waals surface area contributed by atoms with Crippen LogP contribution in [0.15, 0.2) is 23.1 Å². The number of hydrogen-bond donors (Lipinski definition) is 2. The van der Waals surface area contributed by atoms with Gasteiger partial charge >= 0.3 is 5.97 Å². The maximum absolute atomic E-state index is 14.4. The van der Waals surface area contributed by atoms with Crippen LogP contribution in [0.2, 0.25) is 0 Å². The number of carboxylic acid groups (broad SMARTS) is 1.